The number of halogens is 1. The van der Waals surface area contributed by atoms with Crippen LogP contribution in [0.5, 0.6) is 0 Å². The molecule has 1 aromatic rings. The van der Waals surface area contributed by atoms with Crippen LogP contribution in [0, 0.1) is 11.7 Å². The molecule has 1 atom stereocenters. The van der Waals surface area contributed by atoms with Gasteiger partial charge in [-0.25, -0.2) is 9.18 Å². The first-order valence-corrected chi connectivity index (χ1v) is 9.17. The Bertz CT molecular complexity index is 758. The van der Waals surface area contributed by atoms with Crippen LogP contribution >= 0.6 is 0 Å². The molecular formula is C19H24FN3O3. The maximum Gasteiger partial charge on any atom is 0.322 e. The smallest absolute Gasteiger partial charge is 0.322 e. The Morgan fingerprint density at radius 3 is 2.62 bits per heavy atom. The van der Waals surface area contributed by atoms with Gasteiger partial charge in [-0.1, -0.05) is 13.0 Å². The molecule has 1 saturated heterocycles. The molecule has 2 heterocycles. The van der Waals surface area contributed by atoms with Crippen molar-refractivity contribution in [3.05, 3.63) is 35.1 Å². The van der Waals surface area contributed by atoms with E-state index in [2.05, 4.69) is 15.5 Å². The number of hydrogen-bond donors (Lipinski definition) is 3. The summed E-state index contributed by atoms with van der Waals surface area (Å²) in [6, 6.07) is 4.52. The highest BCUT2D eigenvalue weighted by Gasteiger charge is 2.55. The van der Waals surface area contributed by atoms with Gasteiger partial charge in [0.15, 0.2) is 0 Å². The lowest BCUT2D eigenvalue weighted by atomic mass is 9.69. The first-order valence-electron chi connectivity index (χ1n) is 9.17. The Kier molecular flexibility index (Phi) is 4.04. The van der Waals surface area contributed by atoms with Crippen molar-refractivity contribution in [3.63, 3.8) is 0 Å². The van der Waals surface area contributed by atoms with Crippen LogP contribution in [0.4, 0.5) is 9.18 Å². The lowest BCUT2D eigenvalue weighted by Gasteiger charge is -2.47. The predicted molar refractivity (Wildman–Crippen MR) is 92.6 cm³/mol. The summed E-state index contributed by atoms with van der Waals surface area (Å²) < 4.78 is 13.7. The summed E-state index contributed by atoms with van der Waals surface area (Å²) in [6.07, 6.45) is 2.51. The minimum absolute atomic E-state index is 0.0969. The first kappa shape index (κ1) is 17.4. The molecule has 0 unspecified atom stereocenters. The molecule has 0 aromatic heterocycles. The van der Waals surface area contributed by atoms with Gasteiger partial charge < -0.3 is 10.4 Å². The summed E-state index contributed by atoms with van der Waals surface area (Å²) in [5.41, 5.74) is 1.000. The number of urea groups is 1. The molecule has 1 aromatic carbocycles. The molecule has 2 spiro atoms. The zero-order valence-corrected chi connectivity index (χ0v) is 14.8. The number of imide groups is 1. The van der Waals surface area contributed by atoms with Crippen LogP contribution in [-0.4, -0.2) is 40.6 Å². The minimum atomic E-state index is -0.820. The molecule has 4 rings (SSSR count). The summed E-state index contributed by atoms with van der Waals surface area (Å²) >= 11 is 0. The number of aliphatic hydroxyl groups is 1. The Morgan fingerprint density at radius 1 is 1.27 bits per heavy atom. The van der Waals surface area contributed by atoms with E-state index < -0.39 is 11.6 Å². The van der Waals surface area contributed by atoms with Gasteiger partial charge in [-0.05, 0) is 54.9 Å². The fourth-order valence-corrected chi connectivity index (χ4v) is 4.90. The molecule has 0 bridgehead atoms. The van der Waals surface area contributed by atoms with Gasteiger partial charge in [-0.3, -0.25) is 15.0 Å². The number of aliphatic hydroxyl groups excluding tert-OH is 1. The molecule has 1 aliphatic carbocycles. The molecule has 3 amide bonds. The normalized spacial score (nSPS) is 32.0. The molecule has 140 valence electrons. The number of amides is 3. The average Bonchev–Trinajstić information content (AvgIpc) is 3.04. The van der Waals surface area contributed by atoms with Crippen molar-refractivity contribution >= 4 is 11.9 Å². The van der Waals surface area contributed by atoms with Crippen molar-refractivity contribution in [1.29, 1.82) is 0 Å². The van der Waals surface area contributed by atoms with E-state index in [1.165, 1.54) is 6.07 Å². The van der Waals surface area contributed by atoms with Gasteiger partial charge >= 0.3 is 6.03 Å². The zero-order chi connectivity index (χ0) is 18.5. The van der Waals surface area contributed by atoms with E-state index in [4.69, 9.17) is 0 Å². The van der Waals surface area contributed by atoms with Gasteiger partial charge in [0.2, 0.25) is 0 Å². The van der Waals surface area contributed by atoms with E-state index in [0.717, 1.165) is 11.1 Å². The first-order chi connectivity index (χ1) is 12.4. The van der Waals surface area contributed by atoms with Crippen LogP contribution in [0.1, 0.15) is 43.7 Å². The molecule has 1 saturated carbocycles. The topological polar surface area (TPSA) is 81.7 Å². The quantitative estimate of drug-likeness (QED) is 0.715. The van der Waals surface area contributed by atoms with E-state index in [-0.39, 0.29) is 29.8 Å². The number of nitrogens with one attached hydrogen (secondary N) is 2. The van der Waals surface area contributed by atoms with E-state index in [1.54, 1.807) is 6.07 Å². The van der Waals surface area contributed by atoms with Gasteiger partial charge in [0.25, 0.3) is 5.91 Å². The Hall–Kier alpha value is -1.99. The number of carbonyl (C=O) groups excluding carboxylic acids is 2. The molecule has 26 heavy (non-hydrogen) atoms. The fraction of sp³-hybridized carbons (Fsp3) is 0.579. The molecule has 3 aliphatic rings. The number of carbonyl (C=O) groups is 2. The van der Waals surface area contributed by atoms with Crippen molar-refractivity contribution in [2.45, 2.75) is 50.2 Å². The predicted octanol–water partition coefficient (Wildman–Crippen LogP) is 1.62. The number of benzene rings is 1. The van der Waals surface area contributed by atoms with Crippen LogP contribution < -0.4 is 10.6 Å². The van der Waals surface area contributed by atoms with Gasteiger partial charge in [0, 0.05) is 25.2 Å². The van der Waals surface area contributed by atoms with Crippen LogP contribution in [0.25, 0.3) is 0 Å². The lowest BCUT2D eigenvalue weighted by molar-refractivity contribution is -0.126. The van der Waals surface area contributed by atoms with Gasteiger partial charge in [-0.2, -0.15) is 0 Å². The molecular weight excluding hydrogens is 337 g/mol. The average molecular weight is 361 g/mol. The fourth-order valence-electron chi connectivity index (χ4n) is 4.90. The standard InChI is InChI=1S/C19H24FN3O3/c1-12(11-24)9-23-10-13-8-14(20)2-3-15(13)19(23)6-4-18(5-7-19)16(25)21-17(26)22-18/h2-3,8,12,24H,4-7,9-11H2,1H3,(H2,21,22,25,26)/t12-,18?,19?/m1/s1. The lowest BCUT2D eigenvalue weighted by Crippen LogP contribution is -2.55. The second-order valence-corrected chi connectivity index (χ2v) is 7.99. The maximum absolute atomic E-state index is 13.7. The highest BCUT2D eigenvalue weighted by molar-refractivity contribution is 6.07. The summed E-state index contributed by atoms with van der Waals surface area (Å²) in [4.78, 5) is 26.2. The number of nitrogens with zero attached hydrogens (tertiary/aromatic N) is 1. The highest BCUT2D eigenvalue weighted by Crippen LogP contribution is 2.51. The Morgan fingerprint density at radius 2 is 2.00 bits per heavy atom. The monoisotopic (exact) mass is 361 g/mol. The third kappa shape index (κ3) is 2.53. The van der Waals surface area contributed by atoms with Crippen molar-refractivity contribution < 1.29 is 19.1 Å². The zero-order valence-electron chi connectivity index (χ0n) is 14.8. The van der Waals surface area contributed by atoms with E-state index >= 15 is 0 Å². The SMILES string of the molecule is C[C@@H](CO)CN1Cc2cc(F)ccc2C12CCC1(CC2)NC(=O)NC1=O. The summed E-state index contributed by atoms with van der Waals surface area (Å²) in [7, 11) is 0. The Balaban J connectivity index is 1.66. The maximum atomic E-state index is 13.7. The van der Waals surface area contributed by atoms with E-state index in [0.29, 0.717) is 38.8 Å². The molecule has 6 nitrogen and oxygen atoms in total. The van der Waals surface area contributed by atoms with Crippen LogP contribution in [0.3, 0.4) is 0 Å². The van der Waals surface area contributed by atoms with Crippen molar-refractivity contribution in [2.75, 3.05) is 13.2 Å². The second-order valence-electron chi connectivity index (χ2n) is 7.99. The van der Waals surface area contributed by atoms with E-state index in [1.807, 2.05) is 13.0 Å². The van der Waals surface area contributed by atoms with Crippen molar-refractivity contribution in [3.8, 4) is 0 Å². The van der Waals surface area contributed by atoms with Crippen LogP contribution in [-0.2, 0) is 16.9 Å². The second kappa shape index (κ2) is 6.03. The van der Waals surface area contributed by atoms with Gasteiger partial charge in [0.05, 0.1) is 0 Å². The highest BCUT2D eigenvalue weighted by atomic mass is 19.1. The molecule has 0 radical (unpaired) electrons. The summed E-state index contributed by atoms with van der Waals surface area (Å²) in [6.45, 7) is 3.44. The van der Waals surface area contributed by atoms with Crippen LogP contribution in [0.15, 0.2) is 18.2 Å². The van der Waals surface area contributed by atoms with Gasteiger partial charge in [0.1, 0.15) is 11.4 Å². The number of hydrogen-bond acceptors (Lipinski definition) is 4. The summed E-state index contributed by atoms with van der Waals surface area (Å²) in [5.74, 6) is -0.382. The number of fused-ring (bicyclic) bond motifs is 2. The summed E-state index contributed by atoms with van der Waals surface area (Å²) in [5, 5.41) is 14.6. The largest absolute Gasteiger partial charge is 0.396 e. The molecule has 2 aliphatic heterocycles. The third-order valence-corrected chi connectivity index (χ3v) is 6.32. The van der Waals surface area contributed by atoms with Crippen molar-refractivity contribution in [2.24, 2.45) is 5.92 Å². The molecule has 7 heteroatoms. The van der Waals surface area contributed by atoms with Crippen LogP contribution in [0.2, 0.25) is 0 Å². The number of rotatable bonds is 3. The molecule has 3 N–H and O–H groups in total. The van der Waals surface area contributed by atoms with Crippen molar-refractivity contribution in [1.82, 2.24) is 15.5 Å². The third-order valence-electron chi connectivity index (χ3n) is 6.32. The minimum Gasteiger partial charge on any atom is -0.396 e. The van der Waals surface area contributed by atoms with E-state index in [9.17, 15) is 19.1 Å². The Labute approximate surface area is 151 Å². The van der Waals surface area contributed by atoms with Gasteiger partial charge in [-0.15, -0.1) is 0 Å². The molecule has 2 fully saturated rings.